The summed E-state index contributed by atoms with van der Waals surface area (Å²) in [5.74, 6) is 0.442. The molecule has 0 radical (unpaired) electrons. The van der Waals surface area contributed by atoms with Gasteiger partial charge in [-0.05, 0) is 70.3 Å². The van der Waals surface area contributed by atoms with Crippen LogP contribution in [0, 0.1) is 5.92 Å². The van der Waals surface area contributed by atoms with Gasteiger partial charge >= 0.3 is 0 Å². The molecule has 1 saturated heterocycles. The Balaban J connectivity index is 1.94. The third-order valence-electron chi connectivity index (χ3n) is 3.89. The van der Waals surface area contributed by atoms with Gasteiger partial charge in [-0.25, -0.2) is 0 Å². The number of hydrogen-bond acceptors (Lipinski definition) is 3. The van der Waals surface area contributed by atoms with Crippen LogP contribution < -0.4 is 16.0 Å². The van der Waals surface area contributed by atoms with Gasteiger partial charge in [-0.1, -0.05) is 6.92 Å². The summed E-state index contributed by atoms with van der Waals surface area (Å²) in [6.07, 6.45) is 1.97. The Morgan fingerprint density at radius 1 is 1.17 bits per heavy atom. The SMILES string of the molecule is CC1CCNC(C(=O)Nc2ccc(C(=O)NC(C)(C)C)cc2)C1. The van der Waals surface area contributed by atoms with Gasteiger partial charge in [-0.15, -0.1) is 0 Å². The largest absolute Gasteiger partial charge is 0.347 e. The van der Waals surface area contributed by atoms with E-state index < -0.39 is 0 Å². The van der Waals surface area contributed by atoms with E-state index >= 15 is 0 Å². The van der Waals surface area contributed by atoms with E-state index in [0.717, 1.165) is 19.4 Å². The Bertz CT molecular complexity index is 561. The van der Waals surface area contributed by atoms with Crippen molar-refractivity contribution in [2.75, 3.05) is 11.9 Å². The molecule has 1 aromatic rings. The fourth-order valence-electron chi connectivity index (χ4n) is 2.65. The molecule has 2 amide bonds. The third kappa shape index (κ3) is 5.36. The summed E-state index contributed by atoms with van der Waals surface area (Å²) in [5, 5.41) is 9.08. The van der Waals surface area contributed by atoms with E-state index in [1.165, 1.54) is 0 Å². The fourth-order valence-corrected chi connectivity index (χ4v) is 2.65. The van der Waals surface area contributed by atoms with Crippen LogP contribution >= 0.6 is 0 Å². The monoisotopic (exact) mass is 317 g/mol. The average molecular weight is 317 g/mol. The summed E-state index contributed by atoms with van der Waals surface area (Å²) in [7, 11) is 0. The molecule has 5 nitrogen and oxygen atoms in total. The van der Waals surface area contributed by atoms with Gasteiger partial charge in [0.25, 0.3) is 5.91 Å². The Morgan fingerprint density at radius 2 is 1.83 bits per heavy atom. The number of hydrogen-bond donors (Lipinski definition) is 3. The molecule has 1 aliphatic rings. The molecule has 2 rings (SSSR count). The number of carbonyl (C=O) groups is 2. The van der Waals surface area contributed by atoms with Crippen LogP contribution in [-0.2, 0) is 4.79 Å². The lowest BCUT2D eigenvalue weighted by atomic mass is 9.94. The van der Waals surface area contributed by atoms with Crippen molar-refractivity contribution in [3.05, 3.63) is 29.8 Å². The molecular formula is C18H27N3O2. The van der Waals surface area contributed by atoms with Crippen LogP contribution in [0.3, 0.4) is 0 Å². The quantitative estimate of drug-likeness (QED) is 0.802. The first-order valence-electron chi connectivity index (χ1n) is 8.21. The van der Waals surface area contributed by atoms with E-state index in [9.17, 15) is 9.59 Å². The highest BCUT2D eigenvalue weighted by molar-refractivity contribution is 5.97. The zero-order valence-electron chi connectivity index (χ0n) is 14.4. The molecule has 23 heavy (non-hydrogen) atoms. The predicted molar refractivity (Wildman–Crippen MR) is 92.5 cm³/mol. The molecule has 1 fully saturated rings. The highest BCUT2D eigenvalue weighted by atomic mass is 16.2. The first-order valence-corrected chi connectivity index (χ1v) is 8.21. The standard InChI is InChI=1S/C18H27N3O2/c1-12-9-10-19-15(11-12)17(23)20-14-7-5-13(6-8-14)16(22)21-18(2,3)4/h5-8,12,15,19H,9-11H2,1-4H3,(H,20,23)(H,21,22). The molecule has 1 aromatic carbocycles. The second-order valence-electron chi connectivity index (χ2n) is 7.41. The van der Waals surface area contributed by atoms with E-state index in [1.807, 2.05) is 20.8 Å². The fraction of sp³-hybridized carbons (Fsp3) is 0.556. The van der Waals surface area contributed by atoms with Crippen molar-refractivity contribution in [1.29, 1.82) is 0 Å². The van der Waals surface area contributed by atoms with E-state index in [2.05, 4.69) is 22.9 Å². The lowest BCUT2D eigenvalue weighted by molar-refractivity contribution is -0.119. The number of amides is 2. The first-order chi connectivity index (χ1) is 10.7. The zero-order chi connectivity index (χ0) is 17.0. The number of nitrogens with one attached hydrogen (secondary N) is 3. The van der Waals surface area contributed by atoms with Crippen LogP contribution in [0.15, 0.2) is 24.3 Å². The average Bonchev–Trinajstić information content (AvgIpc) is 2.46. The summed E-state index contributed by atoms with van der Waals surface area (Å²) >= 11 is 0. The molecule has 2 atom stereocenters. The van der Waals surface area contributed by atoms with Crippen LogP contribution in [0.25, 0.3) is 0 Å². The number of rotatable bonds is 3. The van der Waals surface area contributed by atoms with Gasteiger partial charge in [0.2, 0.25) is 5.91 Å². The van der Waals surface area contributed by atoms with Gasteiger partial charge < -0.3 is 16.0 Å². The van der Waals surface area contributed by atoms with E-state index in [-0.39, 0.29) is 23.4 Å². The highest BCUT2D eigenvalue weighted by Crippen LogP contribution is 2.17. The number of carbonyl (C=O) groups excluding carboxylic acids is 2. The predicted octanol–water partition coefficient (Wildman–Crippen LogP) is 2.54. The minimum Gasteiger partial charge on any atom is -0.347 e. The van der Waals surface area contributed by atoms with Crippen molar-refractivity contribution in [1.82, 2.24) is 10.6 Å². The Kier molecular flexibility index (Phi) is 5.42. The molecule has 3 N–H and O–H groups in total. The van der Waals surface area contributed by atoms with Crippen LogP contribution in [0.1, 0.15) is 50.9 Å². The topological polar surface area (TPSA) is 70.2 Å². The smallest absolute Gasteiger partial charge is 0.251 e. The van der Waals surface area contributed by atoms with Gasteiger partial charge in [0, 0.05) is 16.8 Å². The molecule has 5 heteroatoms. The molecule has 2 unspecified atom stereocenters. The van der Waals surface area contributed by atoms with Gasteiger partial charge in [0.1, 0.15) is 0 Å². The van der Waals surface area contributed by atoms with Crippen LogP contribution in [-0.4, -0.2) is 29.9 Å². The molecule has 0 spiro atoms. The molecule has 0 bridgehead atoms. The van der Waals surface area contributed by atoms with E-state index in [4.69, 9.17) is 0 Å². The van der Waals surface area contributed by atoms with Crippen molar-refractivity contribution in [2.24, 2.45) is 5.92 Å². The van der Waals surface area contributed by atoms with Crippen LogP contribution in [0.2, 0.25) is 0 Å². The molecule has 0 aliphatic carbocycles. The maximum absolute atomic E-state index is 12.3. The highest BCUT2D eigenvalue weighted by Gasteiger charge is 2.24. The lowest BCUT2D eigenvalue weighted by Crippen LogP contribution is -2.45. The van der Waals surface area contributed by atoms with Crippen molar-refractivity contribution in [3.63, 3.8) is 0 Å². The van der Waals surface area contributed by atoms with Gasteiger partial charge in [0.05, 0.1) is 6.04 Å². The molecule has 0 aromatic heterocycles. The maximum Gasteiger partial charge on any atom is 0.251 e. The molecule has 126 valence electrons. The lowest BCUT2D eigenvalue weighted by Gasteiger charge is -2.27. The summed E-state index contributed by atoms with van der Waals surface area (Å²) in [6.45, 7) is 8.88. The Morgan fingerprint density at radius 3 is 2.39 bits per heavy atom. The van der Waals surface area contributed by atoms with Gasteiger partial charge in [-0.3, -0.25) is 9.59 Å². The minimum atomic E-state index is -0.271. The number of benzene rings is 1. The molecular weight excluding hydrogens is 290 g/mol. The second-order valence-corrected chi connectivity index (χ2v) is 7.41. The molecule has 1 aliphatic heterocycles. The summed E-state index contributed by atoms with van der Waals surface area (Å²) in [6, 6.07) is 6.85. The van der Waals surface area contributed by atoms with Crippen LogP contribution in [0.4, 0.5) is 5.69 Å². The minimum absolute atomic E-state index is 0.0107. The van der Waals surface area contributed by atoms with Crippen LogP contribution in [0.5, 0.6) is 0 Å². The number of anilines is 1. The summed E-state index contributed by atoms with van der Waals surface area (Å²) in [4.78, 5) is 24.3. The Labute approximate surface area is 138 Å². The van der Waals surface area contributed by atoms with Gasteiger partial charge in [0.15, 0.2) is 0 Å². The van der Waals surface area contributed by atoms with E-state index in [0.29, 0.717) is 17.2 Å². The third-order valence-corrected chi connectivity index (χ3v) is 3.89. The Hall–Kier alpha value is -1.88. The second kappa shape index (κ2) is 7.13. The van der Waals surface area contributed by atoms with Crippen molar-refractivity contribution >= 4 is 17.5 Å². The van der Waals surface area contributed by atoms with Crippen molar-refractivity contribution < 1.29 is 9.59 Å². The summed E-state index contributed by atoms with van der Waals surface area (Å²) < 4.78 is 0. The normalized spacial score (nSPS) is 21.6. The molecule has 1 heterocycles. The zero-order valence-corrected chi connectivity index (χ0v) is 14.4. The van der Waals surface area contributed by atoms with E-state index in [1.54, 1.807) is 24.3 Å². The first kappa shape index (κ1) is 17.5. The van der Waals surface area contributed by atoms with Gasteiger partial charge in [-0.2, -0.15) is 0 Å². The molecule has 0 saturated carbocycles. The van der Waals surface area contributed by atoms with Crippen molar-refractivity contribution in [2.45, 2.75) is 52.1 Å². The maximum atomic E-state index is 12.3. The summed E-state index contributed by atoms with van der Waals surface area (Å²) in [5.41, 5.74) is 1.03. The number of piperidine rings is 1. The van der Waals surface area contributed by atoms with Crippen molar-refractivity contribution in [3.8, 4) is 0 Å².